The highest BCUT2D eigenvalue weighted by Gasteiger charge is 2.17. The lowest BCUT2D eigenvalue weighted by molar-refractivity contribution is -0.114. The zero-order valence-electron chi connectivity index (χ0n) is 10.1. The van der Waals surface area contributed by atoms with Crippen LogP contribution in [0.25, 0.3) is 0 Å². The molecule has 0 atom stereocenters. The van der Waals surface area contributed by atoms with Crippen LogP contribution in [0.1, 0.15) is 23.1 Å². The number of amides is 1. The predicted octanol–water partition coefficient (Wildman–Crippen LogP) is 2.32. The number of carbonyl (C=O) groups is 2. The molecule has 0 bridgehead atoms. The second kappa shape index (κ2) is 5.58. The molecule has 1 amide bonds. The van der Waals surface area contributed by atoms with E-state index in [1.54, 1.807) is 18.2 Å². The summed E-state index contributed by atoms with van der Waals surface area (Å²) in [6, 6.07) is 6.25. The highest BCUT2D eigenvalue weighted by Crippen LogP contribution is 2.22. The summed E-state index contributed by atoms with van der Waals surface area (Å²) < 4.78 is 0. The Kier molecular flexibility index (Phi) is 3.87. The fourth-order valence-corrected chi connectivity index (χ4v) is 1.71. The van der Waals surface area contributed by atoms with Crippen LogP contribution in [0.5, 0.6) is 0 Å². The highest BCUT2D eigenvalue weighted by molar-refractivity contribution is 6.31. The molecule has 96 valence electrons. The smallest absolute Gasteiger partial charge is 0.232 e. The van der Waals surface area contributed by atoms with E-state index in [-0.39, 0.29) is 17.3 Å². The summed E-state index contributed by atoms with van der Waals surface area (Å²) in [5.41, 5.74) is 0.642. The summed E-state index contributed by atoms with van der Waals surface area (Å²) in [5, 5.41) is 2.97. The van der Waals surface area contributed by atoms with E-state index < -0.39 is 5.78 Å². The van der Waals surface area contributed by atoms with Crippen molar-refractivity contribution in [1.82, 2.24) is 9.97 Å². The van der Waals surface area contributed by atoms with Gasteiger partial charge in [-0.15, -0.1) is 0 Å². The summed E-state index contributed by atoms with van der Waals surface area (Å²) in [7, 11) is 0. The van der Waals surface area contributed by atoms with Crippen LogP contribution in [0.3, 0.4) is 0 Å². The van der Waals surface area contributed by atoms with Gasteiger partial charge in [-0.05, 0) is 24.3 Å². The van der Waals surface area contributed by atoms with Crippen LogP contribution >= 0.6 is 11.6 Å². The van der Waals surface area contributed by atoms with Crippen LogP contribution in [0, 0.1) is 0 Å². The molecule has 0 spiro atoms. The Labute approximate surface area is 114 Å². The van der Waals surface area contributed by atoms with Crippen molar-refractivity contribution in [2.45, 2.75) is 6.92 Å². The largest absolute Gasteiger partial charge is 0.326 e. The van der Waals surface area contributed by atoms with Crippen molar-refractivity contribution >= 4 is 29.0 Å². The van der Waals surface area contributed by atoms with Gasteiger partial charge in [0.1, 0.15) is 0 Å². The molecule has 1 N–H and O–H groups in total. The fourth-order valence-electron chi connectivity index (χ4n) is 1.54. The van der Waals surface area contributed by atoms with Crippen LogP contribution in [-0.4, -0.2) is 21.7 Å². The first-order valence-corrected chi connectivity index (χ1v) is 5.84. The van der Waals surface area contributed by atoms with E-state index in [1.807, 2.05) is 0 Å². The van der Waals surface area contributed by atoms with E-state index in [0.29, 0.717) is 10.7 Å². The minimum absolute atomic E-state index is 0.0522. The van der Waals surface area contributed by atoms with Crippen LogP contribution in [0.15, 0.2) is 36.7 Å². The van der Waals surface area contributed by atoms with Crippen LogP contribution in [0.4, 0.5) is 5.69 Å². The third-order valence-electron chi connectivity index (χ3n) is 2.31. The Morgan fingerprint density at radius 3 is 2.53 bits per heavy atom. The topological polar surface area (TPSA) is 72.0 Å². The van der Waals surface area contributed by atoms with E-state index in [4.69, 9.17) is 11.6 Å². The third kappa shape index (κ3) is 3.14. The Morgan fingerprint density at radius 2 is 1.89 bits per heavy atom. The van der Waals surface area contributed by atoms with Crippen molar-refractivity contribution in [2.24, 2.45) is 0 Å². The fraction of sp³-hybridized carbons (Fsp3) is 0.0769. The molecule has 1 aromatic carbocycles. The Morgan fingerprint density at radius 1 is 1.21 bits per heavy atom. The SMILES string of the molecule is CC(=O)Nc1ccc(Cl)cc1C(=O)c1ncccn1. The van der Waals surface area contributed by atoms with Gasteiger partial charge in [-0.25, -0.2) is 9.97 Å². The maximum Gasteiger partial charge on any atom is 0.232 e. The van der Waals surface area contributed by atoms with Gasteiger partial charge in [-0.3, -0.25) is 9.59 Å². The number of hydrogen-bond donors (Lipinski definition) is 1. The van der Waals surface area contributed by atoms with Gasteiger partial charge in [-0.1, -0.05) is 11.6 Å². The maximum atomic E-state index is 12.3. The number of rotatable bonds is 3. The number of ketones is 1. The zero-order valence-corrected chi connectivity index (χ0v) is 10.8. The molecule has 0 saturated carbocycles. The lowest BCUT2D eigenvalue weighted by Gasteiger charge is -2.08. The van der Waals surface area contributed by atoms with Crippen LogP contribution < -0.4 is 5.32 Å². The lowest BCUT2D eigenvalue weighted by atomic mass is 10.1. The number of hydrogen-bond acceptors (Lipinski definition) is 4. The van der Waals surface area contributed by atoms with Crippen LogP contribution in [0.2, 0.25) is 5.02 Å². The molecule has 0 fully saturated rings. The van der Waals surface area contributed by atoms with Gasteiger partial charge in [0.2, 0.25) is 17.5 Å². The lowest BCUT2D eigenvalue weighted by Crippen LogP contribution is -2.13. The Balaban J connectivity index is 2.45. The summed E-state index contributed by atoms with van der Waals surface area (Å²) in [6.07, 6.45) is 2.95. The van der Waals surface area contributed by atoms with Crippen LogP contribution in [-0.2, 0) is 4.79 Å². The number of benzene rings is 1. The van der Waals surface area contributed by atoms with Gasteiger partial charge >= 0.3 is 0 Å². The van der Waals surface area contributed by atoms with Crippen molar-refractivity contribution in [3.8, 4) is 0 Å². The van der Waals surface area contributed by atoms with E-state index in [0.717, 1.165) is 0 Å². The Hall–Kier alpha value is -2.27. The predicted molar refractivity (Wildman–Crippen MR) is 71.2 cm³/mol. The van der Waals surface area contributed by atoms with Crippen molar-refractivity contribution in [2.75, 3.05) is 5.32 Å². The first kappa shape index (κ1) is 13.2. The molecule has 0 aliphatic heterocycles. The average molecular weight is 276 g/mol. The number of halogens is 1. The molecule has 2 aromatic rings. The summed E-state index contributed by atoms with van der Waals surface area (Å²) in [5.74, 6) is -0.617. The van der Waals surface area contributed by atoms with E-state index in [1.165, 1.54) is 25.4 Å². The molecule has 5 nitrogen and oxygen atoms in total. The summed E-state index contributed by atoms with van der Waals surface area (Å²) in [4.78, 5) is 31.2. The van der Waals surface area contributed by atoms with E-state index in [9.17, 15) is 9.59 Å². The number of aromatic nitrogens is 2. The van der Waals surface area contributed by atoms with Gasteiger partial charge in [0, 0.05) is 24.3 Å². The molecule has 0 aliphatic carbocycles. The second-order valence-corrected chi connectivity index (χ2v) is 4.21. The van der Waals surface area contributed by atoms with Gasteiger partial charge in [0.05, 0.1) is 11.3 Å². The quantitative estimate of drug-likeness (QED) is 0.873. The molecule has 0 aliphatic rings. The molecule has 1 aromatic heterocycles. The molecule has 0 unspecified atom stereocenters. The van der Waals surface area contributed by atoms with Crippen molar-refractivity contribution in [1.29, 1.82) is 0 Å². The molecular weight excluding hydrogens is 266 g/mol. The Bertz CT molecular complexity index is 629. The number of nitrogens with zero attached hydrogens (tertiary/aromatic N) is 2. The summed E-state index contributed by atoms with van der Waals surface area (Å²) in [6.45, 7) is 1.36. The maximum absolute atomic E-state index is 12.3. The molecule has 6 heteroatoms. The monoisotopic (exact) mass is 275 g/mol. The number of nitrogens with one attached hydrogen (secondary N) is 1. The van der Waals surface area contributed by atoms with Gasteiger partial charge in [0.15, 0.2) is 0 Å². The summed E-state index contributed by atoms with van der Waals surface area (Å²) >= 11 is 5.88. The molecule has 19 heavy (non-hydrogen) atoms. The second-order valence-electron chi connectivity index (χ2n) is 3.77. The van der Waals surface area contributed by atoms with Gasteiger partial charge < -0.3 is 5.32 Å². The minimum Gasteiger partial charge on any atom is -0.326 e. The zero-order chi connectivity index (χ0) is 13.8. The standard InChI is InChI=1S/C13H10ClN3O2/c1-8(18)17-11-4-3-9(14)7-10(11)12(19)13-15-5-2-6-16-13/h2-7H,1H3,(H,17,18). The molecule has 0 radical (unpaired) electrons. The molecular formula is C13H10ClN3O2. The normalized spacial score (nSPS) is 10.0. The number of carbonyl (C=O) groups excluding carboxylic acids is 2. The average Bonchev–Trinajstić information content (AvgIpc) is 2.40. The van der Waals surface area contributed by atoms with E-state index >= 15 is 0 Å². The van der Waals surface area contributed by atoms with Crippen molar-refractivity contribution in [3.63, 3.8) is 0 Å². The van der Waals surface area contributed by atoms with Crippen molar-refractivity contribution in [3.05, 3.63) is 53.1 Å². The number of anilines is 1. The molecule has 1 heterocycles. The van der Waals surface area contributed by atoms with E-state index in [2.05, 4.69) is 15.3 Å². The molecule has 0 saturated heterocycles. The highest BCUT2D eigenvalue weighted by atomic mass is 35.5. The van der Waals surface area contributed by atoms with Gasteiger partial charge in [0.25, 0.3) is 0 Å². The first-order chi connectivity index (χ1) is 9.08. The third-order valence-corrected chi connectivity index (χ3v) is 2.54. The van der Waals surface area contributed by atoms with Gasteiger partial charge in [-0.2, -0.15) is 0 Å². The first-order valence-electron chi connectivity index (χ1n) is 5.47. The van der Waals surface area contributed by atoms with Crippen molar-refractivity contribution < 1.29 is 9.59 Å². The molecule has 2 rings (SSSR count). The minimum atomic E-state index is -0.396.